The molecule has 1 fully saturated rings. The van der Waals surface area contributed by atoms with Gasteiger partial charge in [-0.1, -0.05) is 66.7 Å². The summed E-state index contributed by atoms with van der Waals surface area (Å²) >= 11 is 1.30. The molecule has 13 heteroatoms. The van der Waals surface area contributed by atoms with E-state index in [1.54, 1.807) is 55.3 Å². The zero-order valence-electron chi connectivity index (χ0n) is 28.7. The summed E-state index contributed by atoms with van der Waals surface area (Å²) in [5.74, 6) is 0. The van der Waals surface area contributed by atoms with Gasteiger partial charge in [0.1, 0.15) is 10.6 Å². The number of anilines is 1. The molecule has 0 spiro atoms. The van der Waals surface area contributed by atoms with Crippen molar-refractivity contribution in [3.8, 4) is 21.8 Å². The fourth-order valence-corrected chi connectivity index (χ4v) is 8.13. The highest BCUT2D eigenvalue weighted by Crippen LogP contribution is 2.37. The van der Waals surface area contributed by atoms with Crippen LogP contribution in [0.1, 0.15) is 56.4 Å². The van der Waals surface area contributed by atoms with Crippen LogP contribution in [-0.2, 0) is 27.4 Å². The number of benzene rings is 4. The van der Waals surface area contributed by atoms with Crippen LogP contribution in [-0.4, -0.2) is 47.2 Å². The van der Waals surface area contributed by atoms with Crippen molar-refractivity contribution in [1.82, 2.24) is 9.88 Å². The summed E-state index contributed by atoms with van der Waals surface area (Å²) in [6, 6.07) is 26.5. The van der Waals surface area contributed by atoms with Crippen LogP contribution in [0.2, 0.25) is 0 Å². The van der Waals surface area contributed by atoms with Crippen molar-refractivity contribution >= 4 is 33.1 Å². The predicted octanol–water partition coefficient (Wildman–Crippen LogP) is 9.34. The second-order valence-electron chi connectivity index (χ2n) is 13.7. The Bertz CT molecular complexity index is 2100. The van der Waals surface area contributed by atoms with E-state index < -0.39 is 45.6 Å². The smallest absolute Gasteiger partial charge is 0.416 e. The molecular formula is C39H38F3N3O5S2. The summed E-state index contributed by atoms with van der Waals surface area (Å²) in [4.78, 5) is 19.7. The Morgan fingerprint density at radius 3 is 2.17 bits per heavy atom. The number of aliphatic hydroxyl groups excluding tert-OH is 1. The number of ether oxygens (including phenoxy) is 1. The number of carbonyl (C=O) groups excluding carboxylic acids is 1. The molecule has 52 heavy (non-hydrogen) atoms. The van der Waals surface area contributed by atoms with Gasteiger partial charge in [0.2, 0.25) is 0 Å². The molecule has 0 saturated carbocycles. The summed E-state index contributed by atoms with van der Waals surface area (Å²) in [7, 11) is -3.94. The zero-order valence-corrected chi connectivity index (χ0v) is 30.3. The summed E-state index contributed by atoms with van der Waals surface area (Å²) < 4.78 is 73.7. The molecule has 272 valence electrons. The molecule has 2 N–H and O–H groups in total. The number of aliphatic hydroxyl groups is 1. The second-order valence-corrected chi connectivity index (χ2v) is 16.2. The number of sulfonamides is 1. The second kappa shape index (κ2) is 14.7. The molecule has 1 amide bonds. The number of nitrogens with one attached hydrogen (secondary N) is 1. The van der Waals surface area contributed by atoms with E-state index in [1.165, 1.54) is 35.6 Å². The van der Waals surface area contributed by atoms with Crippen LogP contribution in [0.3, 0.4) is 0 Å². The topological polar surface area (TPSA) is 109 Å². The Morgan fingerprint density at radius 2 is 1.56 bits per heavy atom. The summed E-state index contributed by atoms with van der Waals surface area (Å²) in [6.45, 7) is 5.41. The molecule has 1 saturated heterocycles. The minimum absolute atomic E-state index is 0.0434. The first-order chi connectivity index (χ1) is 24.6. The highest BCUT2D eigenvalue weighted by atomic mass is 32.2. The number of amides is 1. The maximum Gasteiger partial charge on any atom is 0.416 e. The van der Waals surface area contributed by atoms with E-state index in [4.69, 9.17) is 4.74 Å². The minimum Gasteiger partial charge on any atom is -0.444 e. The molecule has 3 atom stereocenters. The first-order valence-corrected chi connectivity index (χ1v) is 19.0. The third-order valence-electron chi connectivity index (χ3n) is 8.76. The van der Waals surface area contributed by atoms with E-state index in [1.807, 2.05) is 42.5 Å². The molecule has 4 aromatic carbocycles. The van der Waals surface area contributed by atoms with Crippen molar-refractivity contribution in [1.29, 1.82) is 0 Å². The van der Waals surface area contributed by atoms with E-state index in [2.05, 4.69) is 9.71 Å². The molecule has 0 bridgehead atoms. The fraction of sp³-hybridized carbons (Fsp3) is 0.282. The van der Waals surface area contributed by atoms with Gasteiger partial charge in [-0.15, -0.1) is 11.3 Å². The Labute approximate surface area is 305 Å². The number of aromatic nitrogens is 1. The Morgan fingerprint density at radius 1 is 0.923 bits per heavy atom. The summed E-state index contributed by atoms with van der Waals surface area (Å²) in [6.07, 6.45) is -4.04. The van der Waals surface area contributed by atoms with Gasteiger partial charge in [0.05, 0.1) is 28.3 Å². The number of rotatable bonds is 9. The summed E-state index contributed by atoms with van der Waals surface area (Å²) in [5, 5.41) is 13.6. The summed E-state index contributed by atoms with van der Waals surface area (Å²) in [5.41, 5.74) is 2.25. The largest absolute Gasteiger partial charge is 0.444 e. The Balaban J connectivity index is 1.11. The standard InChI is InChI=1S/C39H38F3N3O5S2/c1-38(2,3)50-37(47)45-31(19-22-34(45)35(46)27-7-5-4-6-8-27)23-25-9-17-30(18-10-25)44-52(48,49)32-20-13-28(14-21-32)36-43-33(24-51-36)26-11-15-29(16-12-26)39(40,41)42/h4-18,20-21,24,31,34-35,44,46H,19,22-23H2,1-3H3/t31-,34+,35+/m0/s1. The van der Waals surface area contributed by atoms with Crippen molar-refractivity contribution in [3.05, 3.63) is 125 Å². The molecular weight excluding hydrogens is 712 g/mol. The van der Waals surface area contributed by atoms with Crippen LogP contribution in [0.25, 0.3) is 21.8 Å². The normalized spacial score (nSPS) is 17.2. The van der Waals surface area contributed by atoms with Crippen LogP contribution in [0, 0.1) is 0 Å². The Hall–Kier alpha value is -4.72. The Kier molecular flexibility index (Phi) is 10.5. The van der Waals surface area contributed by atoms with Gasteiger partial charge < -0.3 is 9.84 Å². The van der Waals surface area contributed by atoms with E-state index in [-0.39, 0.29) is 10.9 Å². The molecule has 1 aliphatic heterocycles. The van der Waals surface area contributed by atoms with Gasteiger partial charge in [0.15, 0.2) is 0 Å². The fourth-order valence-electron chi connectivity index (χ4n) is 6.23. The number of thiazole rings is 1. The van der Waals surface area contributed by atoms with E-state index in [0.717, 1.165) is 23.3 Å². The van der Waals surface area contributed by atoms with Crippen molar-refractivity contribution in [3.63, 3.8) is 0 Å². The van der Waals surface area contributed by atoms with Crippen molar-refractivity contribution < 1.29 is 36.2 Å². The molecule has 5 aromatic rings. The molecule has 0 unspecified atom stereocenters. The van der Waals surface area contributed by atoms with Gasteiger partial charge in [-0.05, 0) is 87.6 Å². The first-order valence-electron chi connectivity index (χ1n) is 16.7. The number of hydrogen-bond donors (Lipinski definition) is 2. The van der Waals surface area contributed by atoms with Crippen LogP contribution < -0.4 is 4.72 Å². The lowest BCUT2D eigenvalue weighted by Gasteiger charge is -2.35. The van der Waals surface area contributed by atoms with Gasteiger partial charge >= 0.3 is 12.3 Å². The molecule has 6 rings (SSSR count). The van der Waals surface area contributed by atoms with Crippen molar-refractivity contribution in [2.24, 2.45) is 0 Å². The third-order valence-corrected chi connectivity index (χ3v) is 11.0. The average molecular weight is 750 g/mol. The van der Waals surface area contributed by atoms with Crippen LogP contribution in [0.15, 0.2) is 113 Å². The van der Waals surface area contributed by atoms with Crippen LogP contribution >= 0.6 is 11.3 Å². The zero-order chi connectivity index (χ0) is 37.3. The molecule has 0 radical (unpaired) electrons. The van der Waals surface area contributed by atoms with Gasteiger partial charge in [-0.3, -0.25) is 9.62 Å². The lowest BCUT2D eigenvalue weighted by Crippen LogP contribution is -2.47. The van der Waals surface area contributed by atoms with Gasteiger partial charge in [0, 0.05) is 28.2 Å². The third kappa shape index (κ3) is 8.66. The SMILES string of the molecule is CC(C)(C)OC(=O)N1[C@H](Cc2ccc(NS(=O)(=O)c3ccc(-c4nc(-c5ccc(C(F)(F)F)cc5)cs4)cc3)cc2)CC[C@@H]1[C@H](O)c1ccccc1. The number of likely N-dealkylation sites (tertiary alicyclic amines) is 1. The van der Waals surface area contributed by atoms with E-state index >= 15 is 0 Å². The molecule has 1 aromatic heterocycles. The van der Waals surface area contributed by atoms with Gasteiger partial charge in [-0.2, -0.15) is 13.2 Å². The molecule has 8 nitrogen and oxygen atoms in total. The van der Waals surface area contributed by atoms with Crippen molar-refractivity contribution in [2.75, 3.05) is 4.72 Å². The lowest BCUT2D eigenvalue weighted by atomic mass is 10.0. The maximum atomic E-state index is 13.4. The first kappa shape index (κ1) is 37.1. The highest BCUT2D eigenvalue weighted by Gasteiger charge is 2.43. The van der Waals surface area contributed by atoms with E-state index in [0.29, 0.717) is 46.8 Å². The lowest BCUT2D eigenvalue weighted by molar-refractivity contribution is -0.137. The highest BCUT2D eigenvalue weighted by molar-refractivity contribution is 7.92. The number of alkyl halides is 3. The van der Waals surface area contributed by atoms with Crippen LogP contribution in [0.5, 0.6) is 0 Å². The predicted molar refractivity (Wildman–Crippen MR) is 195 cm³/mol. The molecule has 0 aliphatic carbocycles. The molecule has 2 heterocycles. The average Bonchev–Trinajstić information content (AvgIpc) is 3.76. The van der Waals surface area contributed by atoms with Crippen molar-refractivity contribution in [2.45, 2.75) is 74.9 Å². The van der Waals surface area contributed by atoms with Crippen LogP contribution in [0.4, 0.5) is 23.7 Å². The minimum atomic E-state index is -4.42. The molecule has 1 aliphatic rings. The quantitative estimate of drug-likeness (QED) is 0.156. The monoisotopic (exact) mass is 749 g/mol. The van der Waals surface area contributed by atoms with Gasteiger partial charge in [-0.25, -0.2) is 18.2 Å². The number of nitrogens with zero attached hydrogens (tertiary/aromatic N) is 2. The number of carbonyl (C=O) groups is 1. The van der Waals surface area contributed by atoms with E-state index in [9.17, 15) is 31.5 Å². The number of halogens is 3. The van der Waals surface area contributed by atoms with Gasteiger partial charge in [0.25, 0.3) is 10.0 Å². The maximum absolute atomic E-state index is 13.4. The number of hydrogen-bond acceptors (Lipinski definition) is 7.